The van der Waals surface area contributed by atoms with Crippen LogP contribution in [0.4, 0.5) is 0 Å². The number of hydrogen-bond donors (Lipinski definition) is 0. The molecule has 0 atom stereocenters. The third-order valence-electron chi connectivity index (χ3n) is 3.31. The second-order valence-electron chi connectivity index (χ2n) is 4.57. The maximum absolute atomic E-state index is 9.26. The number of nitriles is 1. The first-order chi connectivity index (χ1) is 10.9. The van der Waals surface area contributed by atoms with Crippen molar-refractivity contribution in [1.29, 1.82) is 5.26 Å². The van der Waals surface area contributed by atoms with Gasteiger partial charge in [0, 0.05) is 20.1 Å². The van der Waals surface area contributed by atoms with Gasteiger partial charge in [0.1, 0.15) is 12.4 Å². The molecule has 5 nitrogen and oxygen atoms in total. The molecule has 4 rings (SSSR count). The van der Waals surface area contributed by atoms with Gasteiger partial charge in [-0.05, 0) is 22.3 Å². The van der Waals surface area contributed by atoms with Gasteiger partial charge in [-0.25, -0.2) is 0 Å². The summed E-state index contributed by atoms with van der Waals surface area (Å²) in [6.45, 7) is 0. The van der Waals surface area contributed by atoms with Crippen molar-refractivity contribution < 1.29 is 20.1 Å². The molecule has 0 fully saturated rings. The average molecular weight is 495 g/mol. The molecule has 2 aromatic carbocycles. The molecular formula is C16H8IrN5S-. The van der Waals surface area contributed by atoms with E-state index in [1.807, 2.05) is 30.3 Å². The maximum atomic E-state index is 9.26. The predicted molar refractivity (Wildman–Crippen MR) is 83.5 cm³/mol. The van der Waals surface area contributed by atoms with Crippen LogP contribution in [0.2, 0.25) is 0 Å². The van der Waals surface area contributed by atoms with Crippen LogP contribution in [0.25, 0.3) is 27.3 Å². The summed E-state index contributed by atoms with van der Waals surface area (Å²) in [6.07, 6.45) is 1.47. The summed E-state index contributed by atoms with van der Waals surface area (Å²) in [4.78, 5) is 8.63. The third kappa shape index (κ3) is 2.68. The van der Waals surface area contributed by atoms with Gasteiger partial charge in [0.2, 0.25) is 0 Å². The van der Waals surface area contributed by atoms with Crippen molar-refractivity contribution in [1.82, 2.24) is 19.7 Å². The van der Waals surface area contributed by atoms with Crippen molar-refractivity contribution in [3.63, 3.8) is 0 Å². The number of nitrogens with zero attached hydrogens (tertiary/aromatic N) is 5. The molecule has 0 unspecified atom stereocenters. The number of thiazole rings is 1. The molecule has 7 heteroatoms. The van der Waals surface area contributed by atoms with E-state index in [1.165, 1.54) is 6.33 Å². The average Bonchev–Trinajstić information content (AvgIpc) is 3.22. The van der Waals surface area contributed by atoms with E-state index < -0.39 is 0 Å². The van der Waals surface area contributed by atoms with Crippen molar-refractivity contribution >= 4 is 21.6 Å². The van der Waals surface area contributed by atoms with E-state index in [0.29, 0.717) is 17.1 Å². The zero-order valence-corrected chi connectivity index (χ0v) is 14.8. The molecule has 2 heterocycles. The number of aromatic nitrogens is 4. The molecule has 0 spiro atoms. The van der Waals surface area contributed by atoms with E-state index >= 15 is 0 Å². The normalized spacial score (nSPS) is 10.2. The second kappa shape index (κ2) is 6.39. The Morgan fingerprint density at radius 2 is 2.09 bits per heavy atom. The topological polar surface area (TPSA) is 67.4 Å². The van der Waals surface area contributed by atoms with E-state index in [0.717, 1.165) is 15.8 Å². The van der Waals surface area contributed by atoms with Crippen LogP contribution in [0.5, 0.6) is 0 Å². The standard InChI is InChI=1S/C16H8N5S.Ir/c17-8-12-3-1-2-4-14(12)21-16(18-9-20-21)11-5-6-15-13(7-11)19-10-22-15;/h1-4,6-7,9-10H;/q-1;. The van der Waals surface area contributed by atoms with Crippen molar-refractivity contribution in [3.8, 4) is 23.1 Å². The van der Waals surface area contributed by atoms with Crippen molar-refractivity contribution in [2.75, 3.05) is 0 Å². The van der Waals surface area contributed by atoms with Gasteiger partial charge < -0.3 is 0 Å². The predicted octanol–water partition coefficient (Wildman–Crippen LogP) is 3.21. The number of para-hydroxylation sites is 1. The van der Waals surface area contributed by atoms with Gasteiger partial charge in [-0.2, -0.15) is 21.7 Å². The van der Waals surface area contributed by atoms with E-state index in [2.05, 4.69) is 27.2 Å². The Balaban J connectivity index is 0.00000156. The molecule has 0 saturated carbocycles. The van der Waals surface area contributed by atoms with Crippen LogP contribution in [-0.2, 0) is 20.1 Å². The number of hydrogen-bond acceptors (Lipinski definition) is 5. The zero-order valence-electron chi connectivity index (χ0n) is 11.6. The zero-order chi connectivity index (χ0) is 14.9. The minimum Gasteiger partial charge on any atom is -0.265 e. The van der Waals surface area contributed by atoms with Crippen LogP contribution < -0.4 is 0 Å². The fraction of sp³-hybridized carbons (Fsp3) is 0. The SMILES string of the molecule is N#Cc1ccccc1-n1ncnc1-c1[c-]cc2scnc2c1.[Ir]. The van der Waals surface area contributed by atoms with Crippen LogP contribution in [-0.4, -0.2) is 19.7 Å². The quantitative estimate of drug-likeness (QED) is 0.402. The van der Waals surface area contributed by atoms with E-state index in [9.17, 15) is 5.26 Å². The van der Waals surface area contributed by atoms with E-state index in [-0.39, 0.29) is 20.1 Å². The summed E-state index contributed by atoms with van der Waals surface area (Å²) in [5.74, 6) is 0.637. The van der Waals surface area contributed by atoms with Crippen molar-refractivity contribution in [3.05, 3.63) is 59.9 Å². The second-order valence-corrected chi connectivity index (χ2v) is 5.46. The Labute approximate surface area is 149 Å². The van der Waals surface area contributed by atoms with Gasteiger partial charge >= 0.3 is 0 Å². The van der Waals surface area contributed by atoms with E-state index in [1.54, 1.807) is 27.6 Å². The maximum Gasteiger partial charge on any atom is 0.127 e. The summed E-state index contributed by atoms with van der Waals surface area (Å²) in [6, 6.07) is 16.5. The molecule has 0 aliphatic rings. The first-order valence-electron chi connectivity index (χ1n) is 6.51. The van der Waals surface area contributed by atoms with Crippen LogP contribution in [0.15, 0.2) is 48.2 Å². The summed E-state index contributed by atoms with van der Waals surface area (Å²) in [5, 5.41) is 13.5. The summed E-state index contributed by atoms with van der Waals surface area (Å²) >= 11 is 1.57. The van der Waals surface area contributed by atoms with E-state index in [4.69, 9.17) is 0 Å². The molecular weight excluding hydrogens is 486 g/mol. The fourth-order valence-corrected chi connectivity index (χ4v) is 2.92. The smallest absolute Gasteiger partial charge is 0.127 e. The van der Waals surface area contributed by atoms with Gasteiger partial charge in [0.15, 0.2) is 0 Å². The Kier molecular flexibility index (Phi) is 4.30. The summed E-state index contributed by atoms with van der Waals surface area (Å²) in [5.41, 5.74) is 4.75. The number of benzene rings is 2. The van der Waals surface area contributed by atoms with Gasteiger partial charge in [-0.1, -0.05) is 12.1 Å². The molecule has 0 saturated heterocycles. The molecule has 0 aliphatic carbocycles. The molecule has 113 valence electrons. The summed E-state index contributed by atoms with van der Waals surface area (Å²) < 4.78 is 2.73. The van der Waals surface area contributed by atoms with Gasteiger partial charge in [0.25, 0.3) is 0 Å². The Morgan fingerprint density at radius 3 is 2.96 bits per heavy atom. The molecule has 0 N–H and O–H groups in total. The number of fused-ring (bicyclic) bond motifs is 1. The van der Waals surface area contributed by atoms with Crippen LogP contribution in [0.3, 0.4) is 0 Å². The Bertz CT molecular complexity index is 1010. The largest absolute Gasteiger partial charge is 0.265 e. The van der Waals surface area contributed by atoms with Crippen LogP contribution in [0, 0.1) is 17.4 Å². The van der Waals surface area contributed by atoms with Crippen LogP contribution in [0.1, 0.15) is 5.56 Å². The molecule has 0 aliphatic heterocycles. The van der Waals surface area contributed by atoms with Gasteiger partial charge in [-0.3, -0.25) is 14.6 Å². The Hall–Kier alpha value is -2.39. The number of rotatable bonds is 2. The van der Waals surface area contributed by atoms with Gasteiger partial charge in [0.05, 0.1) is 22.6 Å². The molecule has 23 heavy (non-hydrogen) atoms. The monoisotopic (exact) mass is 495 g/mol. The third-order valence-corrected chi connectivity index (χ3v) is 4.10. The molecule has 2 aromatic heterocycles. The first-order valence-corrected chi connectivity index (χ1v) is 7.39. The fourth-order valence-electron chi connectivity index (χ4n) is 2.29. The first kappa shape index (κ1) is 15.5. The molecule has 4 aromatic rings. The Morgan fingerprint density at radius 1 is 1.22 bits per heavy atom. The van der Waals surface area contributed by atoms with Gasteiger partial charge in [-0.15, -0.1) is 23.8 Å². The van der Waals surface area contributed by atoms with Crippen molar-refractivity contribution in [2.24, 2.45) is 0 Å². The molecule has 0 amide bonds. The minimum atomic E-state index is 0. The molecule has 1 radical (unpaired) electrons. The van der Waals surface area contributed by atoms with Crippen molar-refractivity contribution in [2.45, 2.75) is 0 Å². The molecule has 0 bridgehead atoms. The minimum absolute atomic E-state index is 0. The summed E-state index contributed by atoms with van der Waals surface area (Å²) in [7, 11) is 0. The van der Waals surface area contributed by atoms with Crippen LogP contribution >= 0.6 is 11.3 Å².